The summed E-state index contributed by atoms with van der Waals surface area (Å²) in [6, 6.07) is 7.88. The summed E-state index contributed by atoms with van der Waals surface area (Å²) in [7, 11) is 1.66. The van der Waals surface area contributed by atoms with Crippen LogP contribution >= 0.6 is 0 Å². The highest BCUT2D eigenvalue weighted by Gasteiger charge is 2.11. The van der Waals surface area contributed by atoms with E-state index in [0.29, 0.717) is 13.2 Å². The molecule has 0 spiro atoms. The van der Waals surface area contributed by atoms with Crippen LogP contribution in [0, 0.1) is 5.92 Å². The van der Waals surface area contributed by atoms with E-state index in [1.54, 1.807) is 7.11 Å². The molecule has 0 amide bonds. The third-order valence-corrected chi connectivity index (χ3v) is 2.52. The van der Waals surface area contributed by atoms with Gasteiger partial charge in [-0.1, -0.05) is 18.2 Å². The first-order chi connectivity index (χ1) is 7.81. The van der Waals surface area contributed by atoms with E-state index in [2.05, 4.69) is 0 Å². The molecule has 0 saturated carbocycles. The lowest BCUT2D eigenvalue weighted by Gasteiger charge is -2.15. The van der Waals surface area contributed by atoms with Gasteiger partial charge >= 0.3 is 0 Å². The van der Waals surface area contributed by atoms with Crippen LogP contribution < -0.4 is 4.74 Å². The summed E-state index contributed by atoms with van der Waals surface area (Å²) in [6.45, 7) is 3.36. The molecule has 1 aromatic rings. The Bertz CT molecular complexity index is 299. The first-order valence-electron chi connectivity index (χ1n) is 5.62. The first-order valence-corrected chi connectivity index (χ1v) is 5.62. The normalized spacial score (nSPS) is 12.4. The molecule has 0 radical (unpaired) electrons. The third-order valence-electron chi connectivity index (χ3n) is 2.52. The Kier molecular flexibility index (Phi) is 5.90. The Morgan fingerprint density at radius 2 is 2.06 bits per heavy atom. The van der Waals surface area contributed by atoms with E-state index < -0.39 is 0 Å². The summed E-state index contributed by atoms with van der Waals surface area (Å²) in [5, 5.41) is 9.26. The maximum Gasteiger partial charge on any atom is 0.122 e. The van der Waals surface area contributed by atoms with Crippen LogP contribution in [-0.4, -0.2) is 32.0 Å². The van der Waals surface area contributed by atoms with E-state index in [1.807, 2.05) is 31.2 Å². The molecule has 3 heteroatoms. The molecule has 0 fully saturated rings. The lowest BCUT2D eigenvalue weighted by Crippen LogP contribution is -2.17. The molecule has 0 bridgehead atoms. The average Bonchev–Trinajstić information content (AvgIpc) is 2.34. The molecular formula is C13H20O3. The highest BCUT2D eigenvalue weighted by Crippen LogP contribution is 2.20. The van der Waals surface area contributed by atoms with Crippen LogP contribution in [0.4, 0.5) is 0 Å². The summed E-state index contributed by atoms with van der Waals surface area (Å²) in [4.78, 5) is 0. The van der Waals surface area contributed by atoms with Crippen molar-refractivity contribution in [2.24, 2.45) is 5.92 Å². The smallest absolute Gasteiger partial charge is 0.122 e. The number of ether oxygens (including phenoxy) is 2. The number of hydrogen-bond donors (Lipinski definition) is 1. The van der Waals surface area contributed by atoms with Gasteiger partial charge in [0.1, 0.15) is 5.75 Å². The van der Waals surface area contributed by atoms with Crippen LogP contribution in [-0.2, 0) is 11.2 Å². The summed E-state index contributed by atoms with van der Waals surface area (Å²) in [5.41, 5.74) is 1.11. The van der Waals surface area contributed by atoms with Gasteiger partial charge in [0.25, 0.3) is 0 Å². The molecule has 0 saturated heterocycles. The highest BCUT2D eigenvalue weighted by molar-refractivity contribution is 5.33. The SMILES string of the molecule is CCOCC(CO)Cc1ccccc1OC. The van der Waals surface area contributed by atoms with Gasteiger partial charge in [-0.25, -0.2) is 0 Å². The Hall–Kier alpha value is -1.06. The minimum Gasteiger partial charge on any atom is -0.496 e. The van der Waals surface area contributed by atoms with Crippen molar-refractivity contribution in [1.29, 1.82) is 0 Å². The van der Waals surface area contributed by atoms with Gasteiger partial charge in [0.05, 0.1) is 13.7 Å². The molecule has 90 valence electrons. The van der Waals surface area contributed by atoms with E-state index in [-0.39, 0.29) is 12.5 Å². The van der Waals surface area contributed by atoms with E-state index in [0.717, 1.165) is 17.7 Å². The molecule has 1 N–H and O–H groups in total. The zero-order valence-corrected chi connectivity index (χ0v) is 9.98. The number of aliphatic hydroxyl groups excluding tert-OH is 1. The third kappa shape index (κ3) is 3.83. The number of rotatable bonds is 7. The van der Waals surface area contributed by atoms with Crippen LogP contribution in [0.1, 0.15) is 12.5 Å². The Morgan fingerprint density at radius 3 is 2.69 bits per heavy atom. The molecule has 1 unspecified atom stereocenters. The quantitative estimate of drug-likeness (QED) is 0.768. The van der Waals surface area contributed by atoms with Crippen molar-refractivity contribution in [2.45, 2.75) is 13.3 Å². The van der Waals surface area contributed by atoms with Crippen LogP contribution in [0.15, 0.2) is 24.3 Å². The molecule has 3 nitrogen and oxygen atoms in total. The van der Waals surface area contributed by atoms with Gasteiger partial charge in [0.2, 0.25) is 0 Å². The zero-order chi connectivity index (χ0) is 11.8. The highest BCUT2D eigenvalue weighted by atomic mass is 16.5. The Labute approximate surface area is 97.0 Å². The molecule has 0 aliphatic heterocycles. The number of hydrogen-bond acceptors (Lipinski definition) is 3. The van der Waals surface area contributed by atoms with Crippen molar-refractivity contribution in [3.05, 3.63) is 29.8 Å². The molecule has 1 atom stereocenters. The molecule has 0 aliphatic carbocycles. The standard InChI is InChI=1S/C13H20O3/c1-3-16-10-11(9-14)8-12-6-4-5-7-13(12)15-2/h4-7,11,14H,3,8-10H2,1-2H3. The monoisotopic (exact) mass is 224 g/mol. The topological polar surface area (TPSA) is 38.7 Å². The molecular weight excluding hydrogens is 204 g/mol. The van der Waals surface area contributed by atoms with Gasteiger partial charge in [-0.3, -0.25) is 0 Å². The molecule has 1 rings (SSSR count). The predicted molar refractivity (Wildman–Crippen MR) is 63.8 cm³/mol. The average molecular weight is 224 g/mol. The summed E-state index contributed by atoms with van der Waals surface area (Å²) >= 11 is 0. The maximum absolute atomic E-state index is 9.26. The fourth-order valence-electron chi connectivity index (χ4n) is 1.64. The predicted octanol–water partition coefficient (Wildman–Crippen LogP) is 1.88. The van der Waals surface area contributed by atoms with Crippen LogP contribution in [0.3, 0.4) is 0 Å². The summed E-state index contributed by atoms with van der Waals surface area (Å²) < 4.78 is 10.6. The second kappa shape index (κ2) is 7.25. The van der Waals surface area contributed by atoms with Crippen molar-refractivity contribution in [1.82, 2.24) is 0 Å². The lowest BCUT2D eigenvalue weighted by atomic mass is 10.00. The summed E-state index contributed by atoms with van der Waals surface area (Å²) in [5.74, 6) is 1.01. The van der Waals surface area contributed by atoms with Crippen molar-refractivity contribution in [3.63, 3.8) is 0 Å². The van der Waals surface area contributed by atoms with Gasteiger partial charge in [-0.05, 0) is 25.0 Å². The van der Waals surface area contributed by atoms with Gasteiger partial charge < -0.3 is 14.6 Å². The molecule has 0 aromatic heterocycles. The van der Waals surface area contributed by atoms with Gasteiger partial charge in [0.15, 0.2) is 0 Å². The van der Waals surface area contributed by atoms with Crippen LogP contribution in [0.2, 0.25) is 0 Å². The second-order valence-corrected chi connectivity index (χ2v) is 3.72. The largest absolute Gasteiger partial charge is 0.496 e. The van der Waals surface area contributed by atoms with Gasteiger partial charge in [-0.2, -0.15) is 0 Å². The lowest BCUT2D eigenvalue weighted by molar-refractivity contribution is 0.0807. The minimum absolute atomic E-state index is 0.135. The molecule has 16 heavy (non-hydrogen) atoms. The number of benzene rings is 1. The van der Waals surface area contributed by atoms with Crippen LogP contribution in [0.5, 0.6) is 5.75 Å². The number of methoxy groups -OCH3 is 1. The minimum atomic E-state index is 0.135. The fourth-order valence-corrected chi connectivity index (χ4v) is 1.64. The van der Waals surface area contributed by atoms with E-state index in [9.17, 15) is 5.11 Å². The molecule has 0 aliphatic rings. The maximum atomic E-state index is 9.26. The van der Waals surface area contributed by atoms with Crippen molar-refractivity contribution in [2.75, 3.05) is 26.9 Å². The Balaban J connectivity index is 2.62. The van der Waals surface area contributed by atoms with E-state index in [1.165, 1.54) is 0 Å². The number of para-hydroxylation sites is 1. The van der Waals surface area contributed by atoms with E-state index in [4.69, 9.17) is 9.47 Å². The molecule has 1 aromatic carbocycles. The van der Waals surface area contributed by atoms with E-state index >= 15 is 0 Å². The van der Waals surface area contributed by atoms with Crippen molar-refractivity contribution >= 4 is 0 Å². The van der Waals surface area contributed by atoms with Crippen molar-refractivity contribution < 1.29 is 14.6 Å². The van der Waals surface area contributed by atoms with Gasteiger partial charge in [0, 0.05) is 19.1 Å². The molecule has 0 heterocycles. The Morgan fingerprint density at radius 1 is 1.31 bits per heavy atom. The van der Waals surface area contributed by atoms with Crippen LogP contribution in [0.25, 0.3) is 0 Å². The zero-order valence-electron chi connectivity index (χ0n) is 9.98. The fraction of sp³-hybridized carbons (Fsp3) is 0.538. The first kappa shape index (κ1) is 13.0. The summed E-state index contributed by atoms with van der Waals surface area (Å²) in [6.07, 6.45) is 0.778. The second-order valence-electron chi connectivity index (χ2n) is 3.72. The number of aliphatic hydroxyl groups is 1. The van der Waals surface area contributed by atoms with Gasteiger partial charge in [-0.15, -0.1) is 0 Å². The van der Waals surface area contributed by atoms with Crippen molar-refractivity contribution in [3.8, 4) is 5.75 Å².